The standard InChI is InChI=1S/C16H31N3OS/c1-3-17-15(19-14-7-5-6-8-14)18-13-16(21-4-2)9-11-20-12-10-16/h14H,3-13H2,1-2H3,(H2,17,18,19). The summed E-state index contributed by atoms with van der Waals surface area (Å²) < 4.78 is 5.82. The first kappa shape index (κ1) is 16.9. The monoisotopic (exact) mass is 313 g/mol. The molecule has 1 heterocycles. The van der Waals surface area contributed by atoms with Gasteiger partial charge in [0.05, 0.1) is 6.54 Å². The van der Waals surface area contributed by atoms with E-state index < -0.39 is 0 Å². The molecule has 2 N–H and O–H groups in total. The highest BCUT2D eigenvalue weighted by Crippen LogP contribution is 2.35. The highest BCUT2D eigenvalue weighted by atomic mass is 32.2. The maximum Gasteiger partial charge on any atom is 0.191 e. The van der Waals surface area contributed by atoms with Crippen molar-refractivity contribution >= 4 is 17.7 Å². The molecule has 2 fully saturated rings. The van der Waals surface area contributed by atoms with Crippen molar-refractivity contribution < 1.29 is 4.74 Å². The highest BCUT2D eigenvalue weighted by molar-refractivity contribution is 8.00. The van der Waals surface area contributed by atoms with Gasteiger partial charge >= 0.3 is 0 Å². The number of aliphatic imine (C=N–C) groups is 1. The van der Waals surface area contributed by atoms with Crippen molar-refractivity contribution in [2.45, 2.75) is 63.2 Å². The number of ether oxygens (including phenoxy) is 1. The minimum absolute atomic E-state index is 0.283. The molecule has 2 rings (SSSR count). The van der Waals surface area contributed by atoms with Gasteiger partial charge in [-0.1, -0.05) is 19.8 Å². The second-order valence-electron chi connectivity index (χ2n) is 6.05. The molecule has 1 saturated heterocycles. The van der Waals surface area contributed by atoms with Crippen molar-refractivity contribution in [1.29, 1.82) is 0 Å². The van der Waals surface area contributed by atoms with Gasteiger partial charge in [-0.3, -0.25) is 4.99 Å². The van der Waals surface area contributed by atoms with Gasteiger partial charge in [0.25, 0.3) is 0 Å². The van der Waals surface area contributed by atoms with Crippen molar-refractivity contribution in [2.24, 2.45) is 4.99 Å². The van der Waals surface area contributed by atoms with Gasteiger partial charge < -0.3 is 15.4 Å². The van der Waals surface area contributed by atoms with Crippen LogP contribution in [-0.4, -0.2) is 48.8 Å². The van der Waals surface area contributed by atoms with Crippen LogP contribution >= 0.6 is 11.8 Å². The molecule has 5 heteroatoms. The highest BCUT2D eigenvalue weighted by Gasteiger charge is 2.32. The van der Waals surface area contributed by atoms with Gasteiger partial charge in [-0.15, -0.1) is 0 Å². The number of hydrogen-bond donors (Lipinski definition) is 2. The van der Waals surface area contributed by atoms with E-state index in [1.807, 2.05) is 0 Å². The Labute approximate surface area is 133 Å². The Morgan fingerprint density at radius 1 is 1.24 bits per heavy atom. The maximum atomic E-state index is 5.54. The normalized spacial score (nSPS) is 23.2. The Morgan fingerprint density at radius 3 is 2.57 bits per heavy atom. The summed E-state index contributed by atoms with van der Waals surface area (Å²) in [6.07, 6.45) is 7.52. The second kappa shape index (κ2) is 8.89. The van der Waals surface area contributed by atoms with E-state index in [4.69, 9.17) is 9.73 Å². The SMILES string of the molecule is CCNC(=NCC1(SCC)CCOCC1)NC1CCCC1. The number of thioether (sulfide) groups is 1. The number of hydrogen-bond acceptors (Lipinski definition) is 3. The lowest BCUT2D eigenvalue weighted by atomic mass is 9.99. The molecular weight excluding hydrogens is 282 g/mol. The molecule has 0 aromatic heterocycles. The minimum atomic E-state index is 0.283. The number of nitrogens with zero attached hydrogens (tertiary/aromatic N) is 1. The summed E-state index contributed by atoms with van der Waals surface area (Å²) in [6.45, 7) is 7.97. The third kappa shape index (κ3) is 5.37. The summed E-state index contributed by atoms with van der Waals surface area (Å²) in [5.41, 5.74) is 0. The maximum absolute atomic E-state index is 5.54. The lowest BCUT2D eigenvalue weighted by molar-refractivity contribution is 0.0793. The first-order chi connectivity index (χ1) is 10.3. The molecule has 0 amide bonds. The molecular formula is C16H31N3OS. The Kier molecular flexibility index (Phi) is 7.17. The third-order valence-electron chi connectivity index (χ3n) is 4.42. The van der Waals surface area contributed by atoms with Crippen molar-refractivity contribution in [3.8, 4) is 0 Å². The summed E-state index contributed by atoms with van der Waals surface area (Å²) in [5, 5.41) is 7.02. The van der Waals surface area contributed by atoms with Crippen LogP contribution in [0.25, 0.3) is 0 Å². The van der Waals surface area contributed by atoms with E-state index >= 15 is 0 Å². The molecule has 0 spiro atoms. The molecule has 0 radical (unpaired) electrons. The molecule has 2 aliphatic rings. The minimum Gasteiger partial charge on any atom is -0.381 e. The zero-order valence-electron chi connectivity index (χ0n) is 13.6. The van der Waals surface area contributed by atoms with Crippen molar-refractivity contribution in [1.82, 2.24) is 10.6 Å². The van der Waals surface area contributed by atoms with E-state index in [9.17, 15) is 0 Å². The molecule has 21 heavy (non-hydrogen) atoms. The third-order valence-corrected chi connectivity index (χ3v) is 5.86. The average molecular weight is 314 g/mol. The van der Waals surface area contributed by atoms with Gasteiger partial charge in [0.2, 0.25) is 0 Å². The summed E-state index contributed by atoms with van der Waals surface area (Å²) in [5.74, 6) is 2.16. The van der Waals surface area contributed by atoms with Crippen LogP contribution in [0.4, 0.5) is 0 Å². The van der Waals surface area contributed by atoms with Crippen LogP contribution in [0.15, 0.2) is 4.99 Å². The first-order valence-electron chi connectivity index (χ1n) is 8.54. The van der Waals surface area contributed by atoms with Gasteiger partial charge in [0.1, 0.15) is 0 Å². The summed E-state index contributed by atoms with van der Waals surface area (Å²) in [6, 6.07) is 0.618. The fraction of sp³-hybridized carbons (Fsp3) is 0.938. The molecule has 1 saturated carbocycles. The molecule has 122 valence electrons. The summed E-state index contributed by atoms with van der Waals surface area (Å²) in [4.78, 5) is 4.91. The first-order valence-corrected chi connectivity index (χ1v) is 9.53. The molecule has 1 aliphatic heterocycles. The van der Waals surface area contributed by atoms with E-state index in [0.29, 0.717) is 6.04 Å². The van der Waals surface area contributed by atoms with Gasteiger partial charge in [0, 0.05) is 30.5 Å². The molecule has 4 nitrogen and oxygen atoms in total. The Bertz CT molecular complexity index is 318. The predicted octanol–water partition coefficient (Wildman–Crippen LogP) is 2.79. The molecule has 0 aromatic carbocycles. The van der Waals surface area contributed by atoms with Gasteiger partial charge in [-0.25, -0.2) is 0 Å². The van der Waals surface area contributed by atoms with Crippen LogP contribution in [0, 0.1) is 0 Å². The van der Waals surface area contributed by atoms with Gasteiger partial charge in [-0.2, -0.15) is 11.8 Å². The molecule has 0 atom stereocenters. The van der Waals surface area contributed by atoms with Crippen molar-refractivity contribution in [3.63, 3.8) is 0 Å². The van der Waals surface area contributed by atoms with E-state index in [0.717, 1.165) is 50.9 Å². The number of rotatable bonds is 6. The van der Waals surface area contributed by atoms with E-state index in [-0.39, 0.29) is 4.75 Å². The lowest BCUT2D eigenvalue weighted by Crippen LogP contribution is -2.44. The molecule has 0 bridgehead atoms. The summed E-state index contributed by atoms with van der Waals surface area (Å²) >= 11 is 2.06. The van der Waals surface area contributed by atoms with Crippen LogP contribution < -0.4 is 10.6 Å². The fourth-order valence-electron chi connectivity index (χ4n) is 3.20. The smallest absolute Gasteiger partial charge is 0.191 e. The molecule has 0 unspecified atom stereocenters. The van der Waals surface area contributed by atoms with Crippen LogP contribution in [0.2, 0.25) is 0 Å². The van der Waals surface area contributed by atoms with E-state index in [1.165, 1.54) is 25.7 Å². The Balaban J connectivity index is 1.94. The van der Waals surface area contributed by atoms with Crippen LogP contribution in [0.1, 0.15) is 52.4 Å². The Hall–Kier alpha value is -0.420. The van der Waals surface area contributed by atoms with Crippen LogP contribution in [0.3, 0.4) is 0 Å². The van der Waals surface area contributed by atoms with Crippen molar-refractivity contribution in [2.75, 3.05) is 32.1 Å². The van der Waals surface area contributed by atoms with E-state index in [1.54, 1.807) is 0 Å². The molecule has 1 aliphatic carbocycles. The predicted molar refractivity (Wildman–Crippen MR) is 92.3 cm³/mol. The molecule has 0 aromatic rings. The topological polar surface area (TPSA) is 45.7 Å². The van der Waals surface area contributed by atoms with E-state index in [2.05, 4.69) is 36.2 Å². The number of nitrogens with one attached hydrogen (secondary N) is 2. The fourth-order valence-corrected chi connectivity index (χ4v) is 4.43. The zero-order valence-corrected chi connectivity index (χ0v) is 14.4. The van der Waals surface area contributed by atoms with Gasteiger partial charge in [-0.05, 0) is 38.4 Å². The summed E-state index contributed by atoms with van der Waals surface area (Å²) in [7, 11) is 0. The lowest BCUT2D eigenvalue weighted by Gasteiger charge is -2.35. The largest absolute Gasteiger partial charge is 0.381 e. The Morgan fingerprint density at radius 2 is 1.95 bits per heavy atom. The van der Waals surface area contributed by atoms with Gasteiger partial charge in [0.15, 0.2) is 5.96 Å². The number of guanidine groups is 1. The van der Waals surface area contributed by atoms with Crippen LogP contribution in [0.5, 0.6) is 0 Å². The van der Waals surface area contributed by atoms with Crippen LogP contribution in [-0.2, 0) is 4.74 Å². The second-order valence-corrected chi connectivity index (χ2v) is 7.78. The quantitative estimate of drug-likeness (QED) is 0.585. The zero-order chi connectivity index (χ0) is 15.0. The van der Waals surface area contributed by atoms with Crippen molar-refractivity contribution in [3.05, 3.63) is 0 Å². The average Bonchev–Trinajstić information content (AvgIpc) is 2.99.